The molecule has 9 nitrogen and oxygen atoms in total. The Balaban J connectivity index is 2.50. The summed E-state index contributed by atoms with van der Waals surface area (Å²) in [6.45, 7) is 0. The Morgan fingerprint density at radius 3 is 2.46 bits per heavy atom. The molecule has 136 valence electrons. The summed E-state index contributed by atoms with van der Waals surface area (Å²) in [7, 11) is 3.58. The maximum Gasteiger partial charge on any atom is 0.354 e. The lowest BCUT2D eigenvalue weighted by Gasteiger charge is -2.14. The van der Waals surface area contributed by atoms with Gasteiger partial charge in [0.05, 0.1) is 45.0 Å². The van der Waals surface area contributed by atoms with Gasteiger partial charge in [0, 0.05) is 18.1 Å². The van der Waals surface area contributed by atoms with Gasteiger partial charge in [-0.05, 0) is 18.2 Å². The highest BCUT2D eigenvalue weighted by Gasteiger charge is 2.18. The van der Waals surface area contributed by atoms with E-state index in [-0.39, 0.29) is 16.9 Å². The molecule has 0 bridgehead atoms. The Hall–Kier alpha value is -3.62. The minimum absolute atomic E-state index is 0.163. The zero-order chi connectivity index (χ0) is 19.1. The second-order valence-electron chi connectivity index (χ2n) is 4.89. The van der Waals surface area contributed by atoms with Crippen molar-refractivity contribution in [3.05, 3.63) is 54.3 Å². The smallest absolute Gasteiger partial charge is 0.354 e. The van der Waals surface area contributed by atoms with Crippen LogP contribution in [0.1, 0.15) is 10.4 Å². The predicted octanol–water partition coefficient (Wildman–Crippen LogP) is 1.30. The molecule has 0 fully saturated rings. The molecule has 9 heteroatoms. The van der Waals surface area contributed by atoms with Crippen LogP contribution in [0.5, 0.6) is 0 Å². The van der Waals surface area contributed by atoms with E-state index in [9.17, 15) is 14.4 Å². The van der Waals surface area contributed by atoms with Crippen molar-refractivity contribution in [2.24, 2.45) is 0 Å². The van der Waals surface area contributed by atoms with E-state index < -0.39 is 17.9 Å². The van der Waals surface area contributed by atoms with E-state index in [1.54, 1.807) is 35.4 Å². The van der Waals surface area contributed by atoms with Crippen LogP contribution in [0, 0.1) is 0 Å². The lowest BCUT2D eigenvalue weighted by molar-refractivity contribution is -0.138. The van der Waals surface area contributed by atoms with E-state index in [1.807, 2.05) is 0 Å². The van der Waals surface area contributed by atoms with Gasteiger partial charge in [-0.25, -0.2) is 19.4 Å². The van der Waals surface area contributed by atoms with Gasteiger partial charge >= 0.3 is 17.9 Å². The first-order chi connectivity index (χ1) is 12.5. The Bertz CT molecular complexity index is 842. The largest absolute Gasteiger partial charge is 0.466 e. The lowest BCUT2D eigenvalue weighted by atomic mass is 10.1. The molecule has 1 aromatic carbocycles. The molecule has 0 atom stereocenters. The third-order valence-corrected chi connectivity index (χ3v) is 3.35. The number of esters is 3. The topological polar surface area (TPSA) is 109 Å². The van der Waals surface area contributed by atoms with Crippen molar-refractivity contribution in [1.29, 1.82) is 0 Å². The maximum absolute atomic E-state index is 12.0. The molecule has 1 N–H and O–H groups in total. The summed E-state index contributed by atoms with van der Waals surface area (Å²) in [6, 6.07) is 4.81. The standard InChI is InChI=1S/C17H17N3O6/c1-24-15(21)9-14(17(23)26-3)19-13-8-11(20-7-6-18-10-20)4-5-12(13)16(22)25-2/h4-10,19H,1-3H3/b14-9+. The van der Waals surface area contributed by atoms with Crippen LogP contribution in [0.25, 0.3) is 5.69 Å². The summed E-state index contributed by atoms with van der Waals surface area (Å²) in [5.41, 5.74) is 0.867. The van der Waals surface area contributed by atoms with Gasteiger partial charge < -0.3 is 24.1 Å². The molecule has 0 aliphatic carbocycles. The number of ether oxygens (including phenoxy) is 3. The van der Waals surface area contributed by atoms with Crippen molar-refractivity contribution in [1.82, 2.24) is 9.55 Å². The number of carbonyl (C=O) groups is 3. The summed E-state index contributed by atoms with van der Waals surface area (Å²) in [5, 5.41) is 2.73. The number of carbonyl (C=O) groups excluding carboxylic acids is 3. The molecule has 26 heavy (non-hydrogen) atoms. The first-order valence-corrected chi connectivity index (χ1v) is 7.35. The Labute approximate surface area is 149 Å². The number of anilines is 1. The van der Waals surface area contributed by atoms with Gasteiger partial charge in [-0.15, -0.1) is 0 Å². The zero-order valence-corrected chi connectivity index (χ0v) is 14.4. The van der Waals surface area contributed by atoms with E-state index in [1.165, 1.54) is 20.3 Å². The van der Waals surface area contributed by atoms with Gasteiger partial charge in [-0.1, -0.05) is 0 Å². The first kappa shape index (κ1) is 18.7. The molecule has 0 spiro atoms. The normalized spacial score (nSPS) is 10.8. The van der Waals surface area contributed by atoms with E-state index in [4.69, 9.17) is 4.74 Å². The van der Waals surface area contributed by atoms with Gasteiger partial charge in [0.15, 0.2) is 0 Å². The van der Waals surface area contributed by atoms with E-state index in [0.29, 0.717) is 5.69 Å². The number of nitrogens with one attached hydrogen (secondary N) is 1. The average Bonchev–Trinajstić information content (AvgIpc) is 3.20. The van der Waals surface area contributed by atoms with Crippen molar-refractivity contribution in [2.45, 2.75) is 0 Å². The summed E-state index contributed by atoms with van der Waals surface area (Å²) in [4.78, 5) is 39.4. The van der Waals surface area contributed by atoms with E-state index in [0.717, 1.165) is 13.2 Å². The van der Waals surface area contributed by atoms with Crippen LogP contribution >= 0.6 is 0 Å². The number of aromatic nitrogens is 2. The van der Waals surface area contributed by atoms with Crippen LogP contribution in [-0.2, 0) is 23.8 Å². The lowest BCUT2D eigenvalue weighted by Crippen LogP contribution is -2.17. The number of benzene rings is 1. The molecule has 0 amide bonds. The second-order valence-corrected chi connectivity index (χ2v) is 4.89. The van der Waals surface area contributed by atoms with Crippen LogP contribution in [-0.4, -0.2) is 48.8 Å². The van der Waals surface area contributed by atoms with Crippen molar-refractivity contribution in [3.63, 3.8) is 0 Å². The fourth-order valence-corrected chi connectivity index (χ4v) is 2.07. The van der Waals surface area contributed by atoms with Crippen molar-refractivity contribution in [2.75, 3.05) is 26.6 Å². The van der Waals surface area contributed by atoms with Crippen LogP contribution in [0.15, 0.2) is 48.7 Å². The fourth-order valence-electron chi connectivity index (χ4n) is 2.07. The molecule has 0 aliphatic rings. The first-order valence-electron chi connectivity index (χ1n) is 7.35. The van der Waals surface area contributed by atoms with Gasteiger partial charge in [0.1, 0.15) is 5.70 Å². The van der Waals surface area contributed by atoms with Gasteiger partial charge in [-0.2, -0.15) is 0 Å². The predicted molar refractivity (Wildman–Crippen MR) is 90.6 cm³/mol. The minimum Gasteiger partial charge on any atom is -0.466 e. The average molecular weight is 359 g/mol. The molecule has 2 rings (SSSR count). The van der Waals surface area contributed by atoms with Crippen molar-refractivity contribution in [3.8, 4) is 5.69 Å². The molecule has 0 aliphatic heterocycles. The number of hydrogen-bond acceptors (Lipinski definition) is 8. The third-order valence-electron chi connectivity index (χ3n) is 3.35. The molecule has 0 unspecified atom stereocenters. The van der Waals surface area contributed by atoms with Crippen LogP contribution in [0.3, 0.4) is 0 Å². The molecule has 0 radical (unpaired) electrons. The number of rotatable bonds is 6. The summed E-state index contributed by atoms with van der Waals surface area (Å²) in [6.07, 6.45) is 5.81. The summed E-state index contributed by atoms with van der Waals surface area (Å²) >= 11 is 0. The fraction of sp³-hybridized carbons (Fsp3) is 0.176. The summed E-state index contributed by atoms with van der Waals surface area (Å²) < 4.78 is 15.6. The van der Waals surface area contributed by atoms with Crippen LogP contribution < -0.4 is 5.32 Å². The van der Waals surface area contributed by atoms with Gasteiger partial charge in [-0.3, -0.25) is 0 Å². The number of hydrogen-bond donors (Lipinski definition) is 1. The van der Waals surface area contributed by atoms with Crippen LogP contribution in [0.2, 0.25) is 0 Å². The van der Waals surface area contributed by atoms with Gasteiger partial charge in [0.25, 0.3) is 0 Å². The Morgan fingerprint density at radius 1 is 1.12 bits per heavy atom. The Kier molecular flexibility index (Phi) is 6.10. The molecule has 0 saturated carbocycles. The van der Waals surface area contributed by atoms with E-state index >= 15 is 0 Å². The monoisotopic (exact) mass is 359 g/mol. The Morgan fingerprint density at radius 2 is 1.88 bits per heavy atom. The summed E-state index contributed by atoms with van der Waals surface area (Å²) in [5.74, 6) is -2.19. The zero-order valence-electron chi connectivity index (χ0n) is 14.4. The molecule has 2 aromatic rings. The van der Waals surface area contributed by atoms with E-state index in [2.05, 4.69) is 19.8 Å². The number of methoxy groups -OCH3 is 3. The quantitative estimate of drug-likeness (QED) is 0.467. The molecule has 0 saturated heterocycles. The molecule has 1 aromatic heterocycles. The molecular formula is C17H17N3O6. The highest BCUT2D eigenvalue weighted by Crippen LogP contribution is 2.23. The highest BCUT2D eigenvalue weighted by atomic mass is 16.5. The molecule has 1 heterocycles. The third kappa shape index (κ3) is 4.26. The number of imidazole rings is 1. The van der Waals surface area contributed by atoms with Crippen molar-refractivity contribution < 1.29 is 28.6 Å². The van der Waals surface area contributed by atoms with Crippen molar-refractivity contribution >= 4 is 23.6 Å². The SMILES string of the molecule is COC(=O)/C=C(/Nc1cc(-n2ccnc2)ccc1C(=O)OC)C(=O)OC. The van der Waals surface area contributed by atoms with Gasteiger partial charge in [0.2, 0.25) is 0 Å². The number of nitrogens with zero attached hydrogens (tertiary/aromatic N) is 2. The molecular weight excluding hydrogens is 342 g/mol. The minimum atomic E-state index is -0.806. The highest BCUT2D eigenvalue weighted by molar-refractivity contribution is 6.02. The second kappa shape index (κ2) is 8.47. The van der Waals surface area contributed by atoms with Crippen LogP contribution in [0.4, 0.5) is 5.69 Å². The maximum atomic E-state index is 12.0.